The molecule has 1 aromatic carbocycles. The molecule has 2 amide bonds. The summed E-state index contributed by atoms with van der Waals surface area (Å²) in [4.78, 5) is 29.3. The predicted molar refractivity (Wildman–Crippen MR) is 110 cm³/mol. The summed E-state index contributed by atoms with van der Waals surface area (Å²) in [7, 11) is 0. The number of hydrogen-bond acceptors (Lipinski definition) is 6. The average molecular weight is 563 g/mol. The SMILES string of the molecule is Cc1cc(C#N)cc(C(=O)[N-]N)c1NC(=O)c1cc(Br)nn1-c1ncccc1Cl.[Y]. The van der Waals surface area contributed by atoms with Crippen LogP contribution in [0.25, 0.3) is 11.2 Å². The molecule has 0 aliphatic heterocycles. The van der Waals surface area contributed by atoms with E-state index in [1.165, 1.54) is 29.1 Å². The second-order valence-corrected chi connectivity index (χ2v) is 7.01. The number of aryl methyl sites for hydroxylation is 1. The number of aromatic nitrogens is 3. The molecule has 0 spiro atoms. The standard InChI is InChI=1S/C18H13BrClN7O2.Y/c1-9-5-10(8-21)6-11(17(28)25-22)15(9)24-18(29)13-7-14(19)26-27(13)16-12(20)3-2-4-23-16;/h2-7H,1H3,(H4,22,24,25,26,28,29);/p-1. The van der Waals surface area contributed by atoms with Crippen molar-refractivity contribution in [3.8, 4) is 11.9 Å². The smallest absolute Gasteiger partial charge is 0.274 e. The fourth-order valence-electron chi connectivity index (χ4n) is 2.64. The number of pyridine rings is 1. The first-order chi connectivity index (χ1) is 13.8. The van der Waals surface area contributed by atoms with Gasteiger partial charge in [-0.25, -0.2) is 9.67 Å². The molecule has 12 heteroatoms. The topological polar surface area (TPSA) is 141 Å². The molecule has 2 aromatic heterocycles. The van der Waals surface area contributed by atoms with Gasteiger partial charge < -0.3 is 21.4 Å². The van der Waals surface area contributed by atoms with Gasteiger partial charge >= 0.3 is 0 Å². The number of halogens is 2. The third-order valence-corrected chi connectivity index (χ3v) is 4.59. The third kappa shape index (κ3) is 4.94. The molecule has 0 fully saturated rings. The van der Waals surface area contributed by atoms with Gasteiger partial charge in [-0.1, -0.05) is 11.6 Å². The van der Waals surface area contributed by atoms with Crippen LogP contribution in [0, 0.1) is 18.3 Å². The predicted octanol–water partition coefficient (Wildman–Crippen LogP) is 3.50. The van der Waals surface area contributed by atoms with Gasteiger partial charge in [-0.05, 0) is 52.7 Å². The van der Waals surface area contributed by atoms with E-state index in [0.29, 0.717) is 15.2 Å². The monoisotopic (exact) mass is 561 g/mol. The van der Waals surface area contributed by atoms with Crippen LogP contribution in [0.15, 0.2) is 41.1 Å². The Morgan fingerprint density at radius 2 is 2.10 bits per heavy atom. The number of nitriles is 1. The molecule has 9 nitrogen and oxygen atoms in total. The molecule has 0 bridgehead atoms. The van der Waals surface area contributed by atoms with Crippen LogP contribution < -0.4 is 11.2 Å². The first-order valence-corrected chi connectivity index (χ1v) is 9.20. The zero-order chi connectivity index (χ0) is 21.1. The summed E-state index contributed by atoms with van der Waals surface area (Å²) in [6.45, 7) is 1.65. The number of nitrogens with one attached hydrogen (secondary N) is 1. The molecule has 0 saturated heterocycles. The minimum Gasteiger partial charge on any atom is -0.590 e. The van der Waals surface area contributed by atoms with Gasteiger partial charge in [0.05, 0.1) is 28.2 Å². The van der Waals surface area contributed by atoms with Gasteiger partial charge in [0.1, 0.15) is 10.3 Å². The van der Waals surface area contributed by atoms with Crippen molar-refractivity contribution in [3.63, 3.8) is 0 Å². The summed E-state index contributed by atoms with van der Waals surface area (Å²) >= 11 is 9.41. The van der Waals surface area contributed by atoms with Crippen molar-refractivity contribution in [2.75, 3.05) is 5.32 Å². The first-order valence-electron chi connectivity index (χ1n) is 8.03. The molecule has 0 aliphatic rings. The molecule has 3 rings (SSSR count). The van der Waals surface area contributed by atoms with Crippen LogP contribution in [0.3, 0.4) is 0 Å². The normalized spacial score (nSPS) is 9.97. The molecular formula is C18H12BrClN7O2Y-. The van der Waals surface area contributed by atoms with Crippen LogP contribution in [0.1, 0.15) is 32.0 Å². The average Bonchev–Trinajstić information content (AvgIpc) is 3.10. The van der Waals surface area contributed by atoms with E-state index in [9.17, 15) is 9.59 Å². The van der Waals surface area contributed by atoms with Crippen molar-refractivity contribution in [1.82, 2.24) is 14.8 Å². The number of anilines is 1. The Morgan fingerprint density at radius 3 is 2.73 bits per heavy atom. The molecule has 0 atom stereocenters. The van der Waals surface area contributed by atoms with Crippen molar-refractivity contribution < 1.29 is 42.3 Å². The fraction of sp³-hybridized carbons (Fsp3) is 0.0556. The van der Waals surface area contributed by atoms with E-state index in [0.717, 1.165) is 0 Å². The molecule has 0 unspecified atom stereocenters. The van der Waals surface area contributed by atoms with Gasteiger partial charge in [0, 0.05) is 50.5 Å². The number of carbonyl (C=O) groups excluding carboxylic acids is 2. The van der Waals surface area contributed by atoms with Gasteiger partial charge in [-0.15, -0.1) is 0 Å². The largest absolute Gasteiger partial charge is 0.590 e. The third-order valence-electron chi connectivity index (χ3n) is 3.90. The van der Waals surface area contributed by atoms with Crippen molar-refractivity contribution in [3.05, 3.63) is 74.0 Å². The summed E-state index contributed by atoms with van der Waals surface area (Å²) in [5, 5.41) is 16.3. The van der Waals surface area contributed by atoms with E-state index in [1.54, 1.807) is 19.1 Å². The van der Waals surface area contributed by atoms with Crippen LogP contribution >= 0.6 is 27.5 Å². The number of hydrogen-bond donors (Lipinski definition) is 2. The molecular weight excluding hydrogens is 551 g/mol. The number of rotatable bonds is 4. The fourth-order valence-corrected chi connectivity index (χ4v) is 3.22. The Bertz CT molecular complexity index is 1180. The van der Waals surface area contributed by atoms with Gasteiger partial charge in [-0.2, -0.15) is 10.4 Å². The number of nitrogens with two attached hydrogens (primary N) is 1. The van der Waals surface area contributed by atoms with Crippen molar-refractivity contribution in [2.45, 2.75) is 6.92 Å². The van der Waals surface area contributed by atoms with E-state index in [4.69, 9.17) is 22.7 Å². The molecule has 2 heterocycles. The molecule has 0 saturated carbocycles. The Hall–Kier alpha value is -2.16. The number of carbonyl (C=O) groups is 2. The van der Waals surface area contributed by atoms with Gasteiger partial charge in [0.15, 0.2) is 5.82 Å². The van der Waals surface area contributed by atoms with Crippen molar-refractivity contribution in [2.24, 2.45) is 5.84 Å². The minimum absolute atomic E-state index is 0. The molecule has 149 valence electrons. The molecule has 30 heavy (non-hydrogen) atoms. The number of benzene rings is 1. The zero-order valence-corrected chi connectivity index (χ0v) is 20.6. The van der Waals surface area contributed by atoms with Gasteiger partial charge in [-0.3, -0.25) is 4.79 Å². The van der Waals surface area contributed by atoms with E-state index in [1.807, 2.05) is 6.07 Å². The van der Waals surface area contributed by atoms with Crippen LogP contribution in [0.2, 0.25) is 5.02 Å². The van der Waals surface area contributed by atoms with E-state index >= 15 is 0 Å². The Labute approximate surface area is 210 Å². The van der Waals surface area contributed by atoms with Crippen LogP contribution in [-0.2, 0) is 32.7 Å². The molecule has 1 radical (unpaired) electrons. The van der Waals surface area contributed by atoms with E-state index < -0.39 is 11.8 Å². The second-order valence-electron chi connectivity index (χ2n) is 5.79. The Kier molecular flexibility index (Phi) is 8.23. The minimum atomic E-state index is -0.775. The van der Waals surface area contributed by atoms with Crippen molar-refractivity contribution >= 4 is 45.0 Å². The molecule has 0 aliphatic carbocycles. The first kappa shape index (κ1) is 24.1. The number of nitrogens with zero attached hydrogens (tertiary/aromatic N) is 5. The van der Waals surface area contributed by atoms with Gasteiger partial charge in [0.2, 0.25) is 0 Å². The Balaban J connectivity index is 0.00000320. The summed E-state index contributed by atoms with van der Waals surface area (Å²) in [5.41, 5.74) is 4.17. The zero-order valence-electron chi connectivity index (χ0n) is 15.4. The quantitative estimate of drug-likeness (QED) is 0.283. The van der Waals surface area contributed by atoms with Crippen LogP contribution in [-0.4, -0.2) is 26.6 Å². The molecule has 3 aromatic rings. The van der Waals surface area contributed by atoms with Crippen LogP contribution in [0.4, 0.5) is 5.69 Å². The maximum Gasteiger partial charge on any atom is 0.274 e. The van der Waals surface area contributed by atoms with E-state index in [-0.39, 0.29) is 61.0 Å². The Morgan fingerprint density at radius 1 is 1.37 bits per heavy atom. The maximum atomic E-state index is 13.0. The van der Waals surface area contributed by atoms with E-state index in [2.05, 4.69) is 36.8 Å². The number of amides is 2. The summed E-state index contributed by atoms with van der Waals surface area (Å²) in [6.07, 6.45) is 1.52. The summed E-state index contributed by atoms with van der Waals surface area (Å²) < 4.78 is 1.66. The summed E-state index contributed by atoms with van der Waals surface area (Å²) in [6, 6.07) is 9.54. The summed E-state index contributed by atoms with van der Waals surface area (Å²) in [5.74, 6) is 4.02. The van der Waals surface area contributed by atoms with Crippen molar-refractivity contribution in [1.29, 1.82) is 5.26 Å². The van der Waals surface area contributed by atoms with Crippen LogP contribution in [0.5, 0.6) is 0 Å². The molecule has 3 N–H and O–H groups in total. The second kappa shape index (κ2) is 10.2. The van der Waals surface area contributed by atoms with Gasteiger partial charge in [0.25, 0.3) is 5.91 Å². The maximum absolute atomic E-state index is 13.0.